The summed E-state index contributed by atoms with van der Waals surface area (Å²) in [6.07, 6.45) is 13.3. The Kier molecular flexibility index (Phi) is 12.3. The lowest BCUT2D eigenvalue weighted by molar-refractivity contribution is 0.585. The Bertz CT molecular complexity index is 1780. The standard InChI is InChI=1S/C16H24N2.C14H12N2.C10H10N2/c1-2-3-4-5-6-7-8-13-16-17-14-11-9-10-12-15(14)18-16;1-2-6-11(7-3-1)10-14-15-12-8-4-5-9-13(12)16-14;1-8-7-11-10(12-8)9-5-3-2-4-6-9/h9-12H,2-8,13H2,1H3,(H,17,18);1-9H,10H2,(H,15,16);2-7H,1H3,(H,11,12). The van der Waals surface area contributed by atoms with E-state index in [0.717, 1.165) is 63.6 Å². The van der Waals surface area contributed by atoms with E-state index >= 15 is 0 Å². The lowest BCUT2D eigenvalue weighted by atomic mass is 10.1. The zero-order valence-electron chi connectivity index (χ0n) is 27.2. The number of imidazole rings is 3. The number of hydrogen-bond acceptors (Lipinski definition) is 3. The first-order valence-corrected chi connectivity index (χ1v) is 16.7. The van der Waals surface area contributed by atoms with Gasteiger partial charge in [0.05, 0.1) is 22.1 Å². The molecule has 0 spiro atoms. The van der Waals surface area contributed by atoms with E-state index < -0.39 is 0 Å². The Morgan fingerprint density at radius 1 is 0.543 bits per heavy atom. The largest absolute Gasteiger partial charge is 0.342 e. The fourth-order valence-electron chi connectivity index (χ4n) is 5.41. The van der Waals surface area contributed by atoms with Gasteiger partial charge in [-0.3, -0.25) is 0 Å². The first-order chi connectivity index (χ1) is 22.7. The van der Waals surface area contributed by atoms with Crippen molar-refractivity contribution in [1.29, 1.82) is 0 Å². The Labute approximate surface area is 272 Å². The van der Waals surface area contributed by atoms with E-state index in [0.29, 0.717) is 0 Å². The van der Waals surface area contributed by atoms with Crippen LogP contribution in [-0.4, -0.2) is 29.9 Å². The summed E-state index contributed by atoms with van der Waals surface area (Å²) >= 11 is 0. The Balaban J connectivity index is 0.000000138. The Morgan fingerprint density at radius 3 is 1.70 bits per heavy atom. The summed E-state index contributed by atoms with van der Waals surface area (Å²) < 4.78 is 0. The number of aromatic amines is 3. The smallest absolute Gasteiger partial charge is 0.137 e. The van der Waals surface area contributed by atoms with Crippen LogP contribution in [0, 0.1) is 6.92 Å². The molecule has 0 saturated carbocycles. The minimum Gasteiger partial charge on any atom is -0.342 e. The maximum atomic E-state index is 4.60. The molecule has 236 valence electrons. The third-order valence-corrected chi connectivity index (χ3v) is 7.86. The van der Waals surface area contributed by atoms with Crippen LogP contribution in [-0.2, 0) is 12.8 Å². The lowest BCUT2D eigenvalue weighted by Crippen LogP contribution is -1.89. The van der Waals surface area contributed by atoms with Crippen LogP contribution < -0.4 is 0 Å². The second kappa shape index (κ2) is 17.5. The van der Waals surface area contributed by atoms with Gasteiger partial charge in [-0.05, 0) is 43.2 Å². The summed E-state index contributed by atoms with van der Waals surface area (Å²) in [6.45, 7) is 4.26. The number of nitrogens with one attached hydrogen (secondary N) is 3. The molecular formula is C40H46N6. The molecule has 0 fully saturated rings. The number of aryl methyl sites for hydroxylation is 2. The zero-order valence-corrected chi connectivity index (χ0v) is 27.2. The van der Waals surface area contributed by atoms with Crippen LogP contribution in [0.15, 0.2) is 115 Å². The highest BCUT2D eigenvalue weighted by Crippen LogP contribution is 2.16. The van der Waals surface area contributed by atoms with Crippen LogP contribution >= 0.6 is 0 Å². The van der Waals surface area contributed by atoms with Gasteiger partial charge in [0.2, 0.25) is 0 Å². The van der Waals surface area contributed by atoms with Crippen molar-refractivity contribution in [2.24, 2.45) is 0 Å². The van der Waals surface area contributed by atoms with Gasteiger partial charge < -0.3 is 15.0 Å². The van der Waals surface area contributed by atoms with Crippen molar-refractivity contribution in [3.05, 3.63) is 138 Å². The molecule has 0 aliphatic rings. The molecule has 7 rings (SSSR count). The molecule has 6 heteroatoms. The van der Waals surface area contributed by atoms with Crippen molar-refractivity contribution in [2.45, 2.75) is 71.6 Å². The van der Waals surface area contributed by atoms with E-state index in [1.165, 1.54) is 50.5 Å². The molecular weight excluding hydrogens is 564 g/mol. The van der Waals surface area contributed by atoms with E-state index in [9.17, 15) is 0 Å². The fraction of sp³-hybridized carbons (Fsp3) is 0.275. The average Bonchev–Trinajstić information content (AvgIpc) is 3.83. The predicted octanol–water partition coefficient (Wildman–Crippen LogP) is 10.4. The molecule has 7 aromatic rings. The fourth-order valence-corrected chi connectivity index (χ4v) is 5.41. The van der Waals surface area contributed by atoms with Crippen LogP contribution in [0.5, 0.6) is 0 Å². The highest BCUT2D eigenvalue weighted by Gasteiger charge is 2.03. The number of fused-ring (bicyclic) bond motifs is 2. The molecule has 0 radical (unpaired) electrons. The van der Waals surface area contributed by atoms with E-state index in [1.807, 2.05) is 73.8 Å². The number of rotatable bonds is 11. The highest BCUT2D eigenvalue weighted by atomic mass is 14.9. The molecule has 3 N–H and O–H groups in total. The van der Waals surface area contributed by atoms with Gasteiger partial charge in [-0.2, -0.15) is 0 Å². The van der Waals surface area contributed by atoms with Crippen LogP contribution in [0.3, 0.4) is 0 Å². The highest BCUT2D eigenvalue weighted by molar-refractivity contribution is 5.75. The molecule has 46 heavy (non-hydrogen) atoms. The van der Waals surface area contributed by atoms with Crippen molar-refractivity contribution < 1.29 is 0 Å². The van der Waals surface area contributed by atoms with Crippen molar-refractivity contribution >= 4 is 22.1 Å². The Hall–Kier alpha value is -4.97. The zero-order chi connectivity index (χ0) is 31.8. The van der Waals surface area contributed by atoms with Crippen LogP contribution in [0.25, 0.3) is 33.5 Å². The van der Waals surface area contributed by atoms with Crippen LogP contribution in [0.2, 0.25) is 0 Å². The summed E-state index contributed by atoms with van der Waals surface area (Å²) in [7, 11) is 0. The van der Waals surface area contributed by atoms with Gasteiger partial charge in [-0.25, -0.2) is 15.0 Å². The second-order valence-electron chi connectivity index (χ2n) is 11.7. The van der Waals surface area contributed by atoms with Gasteiger partial charge in [0, 0.05) is 30.3 Å². The van der Waals surface area contributed by atoms with Gasteiger partial charge in [-0.15, -0.1) is 0 Å². The Morgan fingerprint density at radius 2 is 1.09 bits per heavy atom. The van der Waals surface area contributed by atoms with Crippen LogP contribution in [0.4, 0.5) is 0 Å². The number of H-pyrrole nitrogens is 3. The summed E-state index contributed by atoms with van der Waals surface area (Å²) in [5.74, 6) is 3.10. The topological polar surface area (TPSA) is 86.0 Å². The summed E-state index contributed by atoms with van der Waals surface area (Å²) in [5, 5.41) is 0. The summed E-state index contributed by atoms with van der Waals surface area (Å²) in [6, 6.07) is 36.8. The monoisotopic (exact) mass is 610 g/mol. The maximum absolute atomic E-state index is 4.60. The van der Waals surface area contributed by atoms with Gasteiger partial charge in [0.15, 0.2) is 0 Å². The number of benzene rings is 4. The molecule has 0 atom stereocenters. The molecule has 3 aromatic heterocycles. The molecule has 0 aliphatic heterocycles. The van der Waals surface area contributed by atoms with Crippen molar-refractivity contribution in [3.8, 4) is 11.4 Å². The van der Waals surface area contributed by atoms with Gasteiger partial charge in [0.1, 0.15) is 17.5 Å². The van der Waals surface area contributed by atoms with E-state index in [2.05, 4.69) is 85.4 Å². The van der Waals surface area contributed by atoms with Gasteiger partial charge in [-0.1, -0.05) is 130 Å². The molecule has 0 unspecified atom stereocenters. The number of nitrogens with zero attached hydrogens (tertiary/aromatic N) is 3. The third kappa shape index (κ3) is 10.0. The summed E-state index contributed by atoms with van der Waals surface area (Å²) in [4.78, 5) is 23.3. The second-order valence-corrected chi connectivity index (χ2v) is 11.7. The van der Waals surface area contributed by atoms with Crippen LogP contribution in [0.1, 0.15) is 74.8 Å². The van der Waals surface area contributed by atoms with Crippen molar-refractivity contribution in [3.63, 3.8) is 0 Å². The SMILES string of the molecule is CCCCCCCCCc1nc2ccccc2[nH]1.Cc1cnc(-c2ccccc2)[nH]1.c1ccc(Cc2nc3ccccc3[nH]2)cc1. The minimum absolute atomic E-state index is 0.857. The summed E-state index contributed by atoms with van der Waals surface area (Å²) in [5.41, 5.74) is 7.90. The number of hydrogen-bond donors (Lipinski definition) is 3. The molecule has 4 aromatic carbocycles. The van der Waals surface area contributed by atoms with E-state index in [1.54, 1.807) is 0 Å². The number of unbranched alkanes of at least 4 members (excludes halogenated alkanes) is 6. The normalized spacial score (nSPS) is 10.7. The number of aromatic nitrogens is 6. The minimum atomic E-state index is 0.857. The molecule has 0 bridgehead atoms. The van der Waals surface area contributed by atoms with E-state index in [4.69, 9.17) is 0 Å². The predicted molar refractivity (Wildman–Crippen MR) is 192 cm³/mol. The molecule has 3 heterocycles. The average molecular weight is 611 g/mol. The maximum Gasteiger partial charge on any atom is 0.137 e. The number of para-hydroxylation sites is 4. The molecule has 0 saturated heterocycles. The van der Waals surface area contributed by atoms with Gasteiger partial charge in [0.25, 0.3) is 0 Å². The first-order valence-electron chi connectivity index (χ1n) is 16.7. The van der Waals surface area contributed by atoms with Crippen molar-refractivity contribution in [1.82, 2.24) is 29.9 Å². The molecule has 0 aliphatic carbocycles. The first kappa shape index (κ1) is 32.4. The van der Waals surface area contributed by atoms with Gasteiger partial charge >= 0.3 is 0 Å². The quantitative estimate of drug-likeness (QED) is 0.127. The van der Waals surface area contributed by atoms with E-state index in [-0.39, 0.29) is 0 Å². The third-order valence-electron chi connectivity index (χ3n) is 7.86. The van der Waals surface area contributed by atoms with Crippen molar-refractivity contribution in [2.75, 3.05) is 0 Å². The lowest BCUT2D eigenvalue weighted by Gasteiger charge is -1.99. The molecule has 0 amide bonds. The molecule has 6 nitrogen and oxygen atoms in total.